The van der Waals surface area contributed by atoms with E-state index in [4.69, 9.17) is 9.72 Å². The van der Waals surface area contributed by atoms with Gasteiger partial charge in [0.1, 0.15) is 17.3 Å². The molecule has 358 valence electrons. The molecule has 9 aromatic rings. The summed E-state index contributed by atoms with van der Waals surface area (Å²) in [5, 5.41) is 2.34. The lowest BCUT2D eigenvalue weighted by atomic mass is 9.78. The Bertz CT molecular complexity index is 3400. The molecule has 0 bridgehead atoms. The minimum atomic E-state index is -0.200. The van der Waals surface area contributed by atoms with Crippen LogP contribution >= 0.6 is 0 Å². The van der Waals surface area contributed by atoms with E-state index in [1.807, 2.05) is 6.20 Å². The van der Waals surface area contributed by atoms with Crippen LogP contribution in [0.4, 0.5) is 11.4 Å². The van der Waals surface area contributed by atoms with Crippen molar-refractivity contribution in [3.05, 3.63) is 227 Å². The highest BCUT2D eigenvalue weighted by Gasteiger charge is 2.28. The summed E-state index contributed by atoms with van der Waals surface area (Å²) in [7, 11) is 0. The van der Waals surface area contributed by atoms with Gasteiger partial charge in [0.25, 0.3) is 0 Å². The number of ether oxygens (including phenoxy) is 1. The van der Waals surface area contributed by atoms with Gasteiger partial charge in [-0.3, -0.25) is 4.57 Å². The molecule has 7 aromatic carbocycles. The summed E-state index contributed by atoms with van der Waals surface area (Å²) < 4.78 is 9.48. The van der Waals surface area contributed by atoms with E-state index < -0.39 is 0 Å². The summed E-state index contributed by atoms with van der Waals surface area (Å²) >= 11 is 0. The molecule has 2 aromatic heterocycles. The van der Waals surface area contributed by atoms with Crippen LogP contribution in [0.2, 0.25) is 0 Å². The number of hydrogen-bond donors (Lipinski definition) is 0. The van der Waals surface area contributed by atoms with E-state index in [1.54, 1.807) is 0 Å². The summed E-state index contributed by atoms with van der Waals surface area (Å²) in [6.07, 6.45) is 6.35. The molecule has 5 heteroatoms. The van der Waals surface area contributed by atoms with Crippen molar-refractivity contribution in [2.45, 2.75) is 104 Å². The minimum Gasteiger partial charge on any atom is -0.457 e. The van der Waals surface area contributed by atoms with Gasteiger partial charge in [-0.2, -0.15) is 0 Å². The normalized spacial score (nSPS) is 13.4. The first-order chi connectivity index (χ1) is 34.0. The van der Waals surface area contributed by atoms with Crippen molar-refractivity contribution >= 4 is 33.2 Å². The zero-order chi connectivity index (χ0) is 49.8. The lowest BCUT2D eigenvalue weighted by molar-refractivity contribution is 0.483. The van der Waals surface area contributed by atoms with Crippen LogP contribution in [-0.4, -0.2) is 16.2 Å². The van der Waals surface area contributed by atoms with Gasteiger partial charge in [0, 0.05) is 63.7 Å². The lowest BCUT2D eigenvalue weighted by Crippen LogP contribution is -2.25. The number of aromatic nitrogens is 2. The van der Waals surface area contributed by atoms with Crippen LogP contribution in [0.25, 0.3) is 38.8 Å². The molecule has 0 atom stereocenters. The molecule has 0 radical (unpaired) electrons. The summed E-state index contributed by atoms with van der Waals surface area (Å²) in [4.78, 5) is 9.71. The fourth-order valence-electron chi connectivity index (χ4n) is 10.6. The van der Waals surface area contributed by atoms with Gasteiger partial charge in [-0.25, -0.2) is 4.98 Å². The molecule has 1 aliphatic heterocycles. The van der Waals surface area contributed by atoms with E-state index in [0.717, 1.165) is 50.7 Å². The SMILES string of the molecule is CC(C)c1cccc(C(C)C)c1-c1cc(Oc2ccc3c4cc(C(C)(C)c5ccccc5)ccc4n(-c4cc(C(C)(C)C)ccn4)c3c2)cc(N2C=CN(c3cccc(C(C)(C)c4ccccc4)c3)C2)c1. The molecular weight excluding hydrogens is 865 g/mol. The number of hydrogen-bond acceptors (Lipinski definition) is 4. The standard InChI is InChI=1S/C66H68N4O/c1-44(2)56-26-19-27-57(45(3)4)63(56)46-36-53(69-35-34-68(43-69)52-25-18-24-50(38-52)65(8,9)47-20-14-12-15-21-47)41-55(37-46)71-54-29-30-58-59-39-51(66(10,11)48-22-16-13-17-23-48)28-31-60(59)70(61(58)42-54)62-40-49(32-33-67-62)64(5,6)7/h12-42,44-45H,43H2,1-11H3. The summed E-state index contributed by atoms with van der Waals surface area (Å²) in [5.41, 5.74) is 15.4. The third-order valence-corrected chi connectivity index (χ3v) is 15.0. The number of benzene rings is 7. The minimum absolute atomic E-state index is 0.0468. The first kappa shape index (κ1) is 47.3. The zero-order valence-corrected chi connectivity index (χ0v) is 43.5. The van der Waals surface area contributed by atoms with Crippen LogP contribution < -0.4 is 14.5 Å². The average Bonchev–Trinajstić information content (AvgIpc) is 4.00. The molecule has 0 saturated heterocycles. The molecule has 1 aliphatic rings. The molecule has 0 unspecified atom stereocenters. The Morgan fingerprint density at radius 1 is 0.465 bits per heavy atom. The van der Waals surface area contributed by atoms with Gasteiger partial charge in [0.2, 0.25) is 0 Å². The average molecular weight is 933 g/mol. The quantitative estimate of drug-likeness (QED) is 0.122. The molecule has 3 heterocycles. The second kappa shape index (κ2) is 18.4. The van der Waals surface area contributed by atoms with Crippen LogP contribution in [0.3, 0.4) is 0 Å². The molecular formula is C66H68N4O. The first-order valence-corrected chi connectivity index (χ1v) is 25.4. The summed E-state index contributed by atoms with van der Waals surface area (Å²) in [6.45, 7) is 25.9. The van der Waals surface area contributed by atoms with Gasteiger partial charge >= 0.3 is 0 Å². The highest BCUT2D eigenvalue weighted by molar-refractivity contribution is 6.10. The van der Waals surface area contributed by atoms with E-state index in [-0.39, 0.29) is 16.2 Å². The number of anilines is 2. The highest BCUT2D eigenvalue weighted by Crippen LogP contribution is 2.44. The van der Waals surface area contributed by atoms with Gasteiger partial charge in [0.15, 0.2) is 0 Å². The molecule has 0 spiro atoms. The van der Waals surface area contributed by atoms with Crippen LogP contribution in [0.15, 0.2) is 188 Å². The Labute approximate surface area is 422 Å². The molecule has 0 fully saturated rings. The largest absolute Gasteiger partial charge is 0.457 e. The predicted octanol–water partition coefficient (Wildman–Crippen LogP) is 17.6. The number of pyridine rings is 1. The second-order valence-corrected chi connectivity index (χ2v) is 22.2. The number of rotatable bonds is 12. The Kier molecular flexibility index (Phi) is 12.3. The second-order valence-electron chi connectivity index (χ2n) is 22.2. The van der Waals surface area contributed by atoms with Crippen molar-refractivity contribution in [3.63, 3.8) is 0 Å². The fourth-order valence-corrected chi connectivity index (χ4v) is 10.6. The van der Waals surface area contributed by atoms with Crippen molar-refractivity contribution in [1.29, 1.82) is 0 Å². The van der Waals surface area contributed by atoms with Crippen LogP contribution in [0.1, 0.15) is 127 Å². The van der Waals surface area contributed by atoms with Crippen LogP contribution in [-0.2, 0) is 16.2 Å². The highest BCUT2D eigenvalue weighted by atomic mass is 16.5. The number of nitrogens with zero attached hydrogens (tertiary/aromatic N) is 4. The Morgan fingerprint density at radius 3 is 1.70 bits per heavy atom. The molecule has 10 rings (SSSR count). The molecule has 0 N–H and O–H groups in total. The van der Waals surface area contributed by atoms with Crippen molar-refractivity contribution in [2.75, 3.05) is 16.5 Å². The van der Waals surface area contributed by atoms with Gasteiger partial charge < -0.3 is 14.5 Å². The van der Waals surface area contributed by atoms with Gasteiger partial charge in [-0.1, -0.05) is 173 Å². The number of fused-ring (bicyclic) bond motifs is 3. The molecule has 0 amide bonds. The molecule has 5 nitrogen and oxygen atoms in total. The predicted molar refractivity (Wildman–Crippen MR) is 300 cm³/mol. The Hall–Kier alpha value is -7.37. The lowest BCUT2D eigenvalue weighted by Gasteiger charge is -2.28. The van der Waals surface area contributed by atoms with Gasteiger partial charge in [-0.05, 0) is 128 Å². The third kappa shape index (κ3) is 9.04. The summed E-state index contributed by atoms with van der Waals surface area (Å²) in [6, 6.07) is 62.1. The van der Waals surface area contributed by atoms with E-state index in [2.05, 4.69) is 273 Å². The van der Waals surface area contributed by atoms with Gasteiger partial charge in [0.05, 0.1) is 17.7 Å². The fraction of sp³-hybridized carbons (Fsp3) is 0.258. The Morgan fingerprint density at radius 2 is 1.07 bits per heavy atom. The zero-order valence-electron chi connectivity index (χ0n) is 43.5. The maximum absolute atomic E-state index is 7.16. The Balaban J connectivity index is 1.08. The first-order valence-electron chi connectivity index (χ1n) is 25.4. The summed E-state index contributed by atoms with van der Waals surface area (Å²) in [5.74, 6) is 3.10. The van der Waals surface area contributed by atoms with E-state index in [1.165, 1.54) is 49.9 Å². The monoisotopic (exact) mass is 933 g/mol. The van der Waals surface area contributed by atoms with E-state index in [9.17, 15) is 0 Å². The van der Waals surface area contributed by atoms with Crippen molar-refractivity contribution in [1.82, 2.24) is 9.55 Å². The van der Waals surface area contributed by atoms with E-state index in [0.29, 0.717) is 18.5 Å². The van der Waals surface area contributed by atoms with Crippen molar-refractivity contribution in [2.24, 2.45) is 0 Å². The van der Waals surface area contributed by atoms with Crippen molar-refractivity contribution < 1.29 is 4.74 Å². The maximum atomic E-state index is 7.16. The van der Waals surface area contributed by atoms with Gasteiger partial charge in [-0.15, -0.1) is 0 Å². The van der Waals surface area contributed by atoms with Crippen LogP contribution in [0, 0.1) is 0 Å². The maximum Gasteiger partial charge on any atom is 0.137 e. The molecule has 0 aliphatic carbocycles. The third-order valence-electron chi connectivity index (χ3n) is 15.0. The topological polar surface area (TPSA) is 33.5 Å². The molecule has 71 heavy (non-hydrogen) atoms. The molecule has 0 saturated carbocycles. The van der Waals surface area contributed by atoms with Crippen molar-refractivity contribution in [3.8, 4) is 28.4 Å². The smallest absolute Gasteiger partial charge is 0.137 e. The van der Waals surface area contributed by atoms with E-state index >= 15 is 0 Å². The van der Waals surface area contributed by atoms with Crippen LogP contribution in [0.5, 0.6) is 11.5 Å².